The monoisotopic (exact) mass is 474 g/mol. The van der Waals surface area contributed by atoms with E-state index in [1.807, 2.05) is 0 Å². The van der Waals surface area contributed by atoms with Crippen LogP contribution in [0.3, 0.4) is 0 Å². The number of hydrogen-bond acceptors (Lipinski definition) is 11. The SMILES string of the molecule is CCOC(=O)Cc1csc(NN=Cc2ccc(F)c(-c3noc(CN4CCOCC4)n3)c2)n1. The molecule has 174 valence electrons. The summed E-state index contributed by atoms with van der Waals surface area (Å²) in [6.45, 7) is 5.48. The van der Waals surface area contributed by atoms with Gasteiger partial charge in [0.1, 0.15) is 5.82 Å². The molecule has 0 aliphatic carbocycles. The van der Waals surface area contributed by atoms with E-state index in [0.717, 1.165) is 13.1 Å². The van der Waals surface area contributed by atoms with Crippen LogP contribution in [0.15, 0.2) is 33.2 Å². The summed E-state index contributed by atoms with van der Waals surface area (Å²) >= 11 is 1.32. The van der Waals surface area contributed by atoms with E-state index in [-0.39, 0.29) is 23.8 Å². The van der Waals surface area contributed by atoms with E-state index in [9.17, 15) is 9.18 Å². The highest BCUT2D eigenvalue weighted by atomic mass is 32.1. The molecule has 1 N–H and O–H groups in total. The maximum Gasteiger partial charge on any atom is 0.311 e. The van der Waals surface area contributed by atoms with Crippen LogP contribution in [-0.4, -0.2) is 65.1 Å². The van der Waals surface area contributed by atoms with E-state index in [2.05, 4.69) is 30.6 Å². The Kier molecular flexibility index (Phi) is 7.70. The fourth-order valence-corrected chi connectivity index (χ4v) is 3.79. The molecule has 0 radical (unpaired) electrons. The van der Waals surface area contributed by atoms with Crippen LogP contribution in [0.2, 0.25) is 0 Å². The molecule has 0 atom stereocenters. The summed E-state index contributed by atoms with van der Waals surface area (Å²) in [5, 5.41) is 10.4. The van der Waals surface area contributed by atoms with Crippen LogP contribution in [0.1, 0.15) is 24.1 Å². The Labute approximate surface area is 193 Å². The summed E-state index contributed by atoms with van der Waals surface area (Å²) in [7, 11) is 0. The van der Waals surface area contributed by atoms with Gasteiger partial charge >= 0.3 is 5.97 Å². The van der Waals surface area contributed by atoms with Crippen molar-refractivity contribution in [2.45, 2.75) is 19.9 Å². The zero-order valence-electron chi connectivity index (χ0n) is 18.0. The highest BCUT2D eigenvalue weighted by Crippen LogP contribution is 2.22. The minimum absolute atomic E-state index is 0.106. The third-order valence-corrected chi connectivity index (χ3v) is 5.51. The zero-order chi connectivity index (χ0) is 23.0. The van der Waals surface area contributed by atoms with Crippen molar-refractivity contribution in [1.29, 1.82) is 0 Å². The first kappa shape index (κ1) is 23.0. The molecule has 2 aromatic heterocycles. The van der Waals surface area contributed by atoms with Gasteiger partial charge in [0, 0.05) is 18.5 Å². The zero-order valence-corrected chi connectivity index (χ0v) is 18.8. The number of esters is 1. The van der Waals surface area contributed by atoms with Crippen LogP contribution in [-0.2, 0) is 27.2 Å². The number of aromatic nitrogens is 3. The van der Waals surface area contributed by atoms with Gasteiger partial charge in [-0.15, -0.1) is 11.3 Å². The van der Waals surface area contributed by atoms with Gasteiger partial charge in [0.2, 0.25) is 16.8 Å². The Hall–Kier alpha value is -3.22. The fourth-order valence-electron chi connectivity index (χ4n) is 3.14. The van der Waals surface area contributed by atoms with Crippen molar-refractivity contribution >= 4 is 28.7 Å². The van der Waals surface area contributed by atoms with Gasteiger partial charge in [-0.25, -0.2) is 9.37 Å². The molecule has 3 heterocycles. The number of rotatable bonds is 9. The number of nitrogens with one attached hydrogen (secondary N) is 1. The number of nitrogens with zero attached hydrogens (tertiary/aromatic N) is 5. The van der Waals surface area contributed by atoms with E-state index in [0.29, 0.717) is 48.6 Å². The Morgan fingerprint density at radius 1 is 1.36 bits per heavy atom. The molecule has 12 heteroatoms. The lowest BCUT2D eigenvalue weighted by Gasteiger charge is -2.24. The Balaban J connectivity index is 1.38. The van der Waals surface area contributed by atoms with Crippen LogP contribution < -0.4 is 5.43 Å². The third kappa shape index (κ3) is 6.40. The molecule has 3 aromatic rings. The van der Waals surface area contributed by atoms with E-state index in [4.69, 9.17) is 14.0 Å². The summed E-state index contributed by atoms with van der Waals surface area (Å²) in [4.78, 5) is 22.3. The Morgan fingerprint density at radius 2 is 2.21 bits per heavy atom. The molecule has 0 unspecified atom stereocenters. The average Bonchev–Trinajstić information content (AvgIpc) is 3.45. The Bertz CT molecular complexity index is 1110. The lowest BCUT2D eigenvalue weighted by atomic mass is 10.1. The molecule has 33 heavy (non-hydrogen) atoms. The number of carbonyl (C=O) groups excluding carboxylic acids is 1. The number of ether oxygens (including phenoxy) is 2. The van der Waals surface area contributed by atoms with E-state index in [1.54, 1.807) is 24.4 Å². The molecule has 1 saturated heterocycles. The minimum Gasteiger partial charge on any atom is -0.466 e. The van der Waals surface area contributed by atoms with Crippen molar-refractivity contribution in [1.82, 2.24) is 20.0 Å². The van der Waals surface area contributed by atoms with Crippen LogP contribution in [0, 0.1) is 5.82 Å². The first-order valence-electron chi connectivity index (χ1n) is 10.4. The van der Waals surface area contributed by atoms with Crippen molar-refractivity contribution in [3.63, 3.8) is 0 Å². The van der Waals surface area contributed by atoms with Crippen molar-refractivity contribution in [3.05, 3.63) is 46.5 Å². The number of benzene rings is 1. The molecule has 0 bridgehead atoms. The molecule has 0 spiro atoms. The van der Waals surface area contributed by atoms with Gasteiger partial charge in [-0.2, -0.15) is 10.1 Å². The van der Waals surface area contributed by atoms with Crippen molar-refractivity contribution in [2.75, 3.05) is 38.3 Å². The number of halogens is 1. The third-order valence-electron chi connectivity index (χ3n) is 4.72. The maximum atomic E-state index is 14.4. The standard InChI is InChI=1S/C21H23FN6O4S/c1-2-31-19(29)10-15-13-33-21(24-15)26-23-11-14-3-4-17(22)16(9-14)20-25-18(32-27-20)12-28-5-7-30-8-6-28/h3-4,9,11,13H,2,5-8,10,12H2,1H3,(H,24,26). The van der Waals surface area contributed by atoms with Crippen LogP contribution in [0.5, 0.6) is 0 Å². The summed E-state index contributed by atoms with van der Waals surface area (Å²) in [6.07, 6.45) is 1.64. The van der Waals surface area contributed by atoms with Gasteiger partial charge in [0.25, 0.3) is 0 Å². The summed E-state index contributed by atoms with van der Waals surface area (Å²) in [6, 6.07) is 4.51. The van der Waals surface area contributed by atoms with Crippen LogP contribution >= 0.6 is 11.3 Å². The molecule has 1 fully saturated rings. The summed E-state index contributed by atoms with van der Waals surface area (Å²) < 4.78 is 30.0. The topological polar surface area (TPSA) is 115 Å². The van der Waals surface area contributed by atoms with Crippen molar-refractivity contribution < 1.29 is 23.2 Å². The fraction of sp³-hybridized carbons (Fsp3) is 0.381. The highest BCUT2D eigenvalue weighted by molar-refractivity contribution is 7.13. The van der Waals surface area contributed by atoms with Gasteiger partial charge in [-0.3, -0.25) is 15.1 Å². The molecule has 1 aromatic carbocycles. The quantitative estimate of drug-likeness (QED) is 0.284. The lowest BCUT2D eigenvalue weighted by molar-refractivity contribution is -0.142. The van der Waals surface area contributed by atoms with Gasteiger partial charge in [0.05, 0.1) is 50.3 Å². The first-order valence-corrected chi connectivity index (χ1v) is 11.3. The van der Waals surface area contributed by atoms with Crippen molar-refractivity contribution in [3.8, 4) is 11.4 Å². The van der Waals surface area contributed by atoms with Crippen LogP contribution in [0.25, 0.3) is 11.4 Å². The predicted octanol–water partition coefficient (Wildman–Crippen LogP) is 2.72. The van der Waals surface area contributed by atoms with E-state index < -0.39 is 5.82 Å². The van der Waals surface area contributed by atoms with E-state index in [1.165, 1.54) is 23.6 Å². The molecule has 1 aliphatic heterocycles. The van der Waals surface area contributed by atoms with Gasteiger partial charge in [-0.05, 0) is 24.6 Å². The van der Waals surface area contributed by atoms with Crippen LogP contribution in [0.4, 0.5) is 9.52 Å². The molecule has 1 aliphatic rings. The van der Waals surface area contributed by atoms with E-state index >= 15 is 0 Å². The molecular weight excluding hydrogens is 451 g/mol. The molecular formula is C21H23FN6O4S. The average molecular weight is 475 g/mol. The highest BCUT2D eigenvalue weighted by Gasteiger charge is 2.17. The maximum absolute atomic E-state index is 14.4. The number of carbonyl (C=O) groups is 1. The largest absolute Gasteiger partial charge is 0.466 e. The number of thiazole rings is 1. The second kappa shape index (κ2) is 11.1. The molecule has 10 nitrogen and oxygen atoms in total. The van der Waals surface area contributed by atoms with Gasteiger partial charge < -0.3 is 14.0 Å². The lowest BCUT2D eigenvalue weighted by Crippen LogP contribution is -2.35. The molecule has 0 saturated carbocycles. The summed E-state index contributed by atoms with van der Waals surface area (Å²) in [5.74, 6) is -0.175. The molecule has 0 amide bonds. The number of anilines is 1. The summed E-state index contributed by atoms with van der Waals surface area (Å²) in [5.41, 5.74) is 4.27. The first-order chi connectivity index (χ1) is 16.1. The molecule has 4 rings (SSSR count). The van der Waals surface area contributed by atoms with Gasteiger partial charge in [0.15, 0.2) is 0 Å². The Morgan fingerprint density at radius 3 is 3.03 bits per heavy atom. The smallest absolute Gasteiger partial charge is 0.311 e. The van der Waals surface area contributed by atoms with Crippen molar-refractivity contribution in [2.24, 2.45) is 5.10 Å². The predicted molar refractivity (Wildman–Crippen MR) is 119 cm³/mol. The minimum atomic E-state index is -0.456. The second-order valence-corrected chi connectivity index (χ2v) is 7.99. The number of morpholine rings is 1. The second-order valence-electron chi connectivity index (χ2n) is 7.14. The number of hydrogen-bond donors (Lipinski definition) is 1. The van der Waals surface area contributed by atoms with Gasteiger partial charge in [-0.1, -0.05) is 11.2 Å². The normalized spacial score (nSPS) is 14.6. The number of hydrazone groups is 1.